The van der Waals surface area contributed by atoms with Crippen molar-refractivity contribution in [3.05, 3.63) is 63.9 Å². The molecule has 5 nitrogen and oxygen atoms in total. The Bertz CT molecular complexity index is 1180. The minimum Gasteiger partial charge on any atom is -0.370 e. The summed E-state index contributed by atoms with van der Waals surface area (Å²) in [6.07, 6.45) is 4.36. The van der Waals surface area contributed by atoms with Gasteiger partial charge in [-0.2, -0.15) is 9.61 Å². The van der Waals surface area contributed by atoms with Crippen LogP contribution in [0.3, 0.4) is 0 Å². The lowest BCUT2D eigenvalue weighted by Crippen LogP contribution is -2.37. The second kappa shape index (κ2) is 9.03. The standard InChI is InChI=1S/C23H25BClN5S/c24-19-13-27-30-22(11-21(28-23(19)30)18-7-1-2-8-20(18)25)26-12-16-5-3-9-29(14-16)15-17-6-4-10-31-17/h1-2,4,6-8,10-11,13,16,26H,3,5,9,12,14-15,24H2. The molecule has 0 amide bonds. The van der Waals surface area contributed by atoms with Gasteiger partial charge in [-0.25, -0.2) is 4.98 Å². The molecule has 8 heteroatoms. The Kier molecular flexibility index (Phi) is 5.98. The molecule has 1 aliphatic rings. The topological polar surface area (TPSA) is 45.5 Å². The number of hydrogen-bond donors (Lipinski definition) is 1. The summed E-state index contributed by atoms with van der Waals surface area (Å²) in [7, 11) is 2.04. The van der Waals surface area contributed by atoms with Gasteiger partial charge in [0.1, 0.15) is 13.7 Å². The number of thiophene rings is 1. The Morgan fingerprint density at radius 2 is 2.13 bits per heavy atom. The predicted molar refractivity (Wildman–Crippen MR) is 132 cm³/mol. The van der Waals surface area contributed by atoms with Crippen LogP contribution in [0.15, 0.2) is 54.0 Å². The average Bonchev–Trinajstić information content (AvgIpc) is 3.43. The molecule has 4 heterocycles. The third-order valence-corrected chi connectivity index (χ3v) is 7.12. The number of likely N-dealkylation sites (tertiary alicyclic amines) is 1. The van der Waals surface area contributed by atoms with E-state index in [1.54, 1.807) is 0 Å². The smallest absolute Gasteiger partial charge is 0.151 e. The van der Waals surface area contributed by atoms with E-state index in [-0.39, 0.29) is 0 Å². The first kappa shape index (κ1) is 20.6. The summed E-state index contributed by atoms with van der Waals surface area (Å²) in [4.78, 5) is 8.87. The third-order valence-electron chi connectivity index (χ3n) is 5.93. The second-order valence-corrected chi connectivity index (χ2v) is 9.71. The first-order chi connectivity index (χ1) is 15.2. The summed E-state index contributed by atoms with van der Waals surface area (Å²) in [6.45, 7) is 4.28. The van der Waals surface area contributed by atoms with Gasteiger partial charge in [-0.3, -0.25) is 4.90 Å². The van der Waals surface area contributed by atoms with E-state index in [1.807, 2.05) is 54.2 Å². The fourth-order valence-corrected chi connectivity index (χ4v) is 5.32. The summed E-state index contributed by atoms with van der Waals surface area (Å²) < 4.78 is 1.90. The molecule has 4 aromatic rings. The van der Waals surface area contributed by atoms with E-state index in [0.29, 0.717) is 10.9 Å². The molecule has 1 aromatic carbocycles. The summed E-state index contributed by atoms with van der Waals surface area (Å²) in [5, 5.41) is 11.1. The number of nitrogens with zero attached hydrogens (tertiary/aromatic N) is 4. The summed E-state index contributed by atoms with van der Waals surface area (Å²) in [6, 6.07) is 14.3. The number of benzene rings is 1. The summed E-state index contributed by atoms with van der Waals surface area (Å²) in [5.74, 6) is 1.57. The zero-order chi connectivity index (χ0) is 21.2. The zero-order valence-corrected chi connectivity index (χ0v) is 19.2. The number of anilines is 1. The van der Waals surface area contributed by atoms with Gasteiger partial charge in [0.2, 0.25) is 0 Å². The van der Waals surface area contributed by atoms with Gasteiger partial charge in [0.25, 0.3) is 0 Å². The maximum Gasteiger partial charge on any atom is 0.151 e. The van der Waals surface area contributed by atoms with Crippen molar-refractivity contribution in [2.45, 2.75) is 19.4 Å². The van der Waals surface area contributed by atoms with Crippen LogP contribution < -0.4 is 10.8 Å². The van der Waals surface area contributed by atoms with E-state index in [0.717, 1.165) is 47.8 Å². The van der Waals surface area contributed by atoms with Crippen molar-refractivity contribution in [3.8, 4) is 11.3 Å². The fourth-order valence-electron chi connectivity index (χ4n) is 4.34. The van der Waals surface area contributed by atoms with Crippen molar-refractivity contribution in [2.75, 3.05) is 25.0 Å². The SMILES string of the molecule is Bc1cnn2c(NCC3CCCN(Cc4cccs4)C3)cc(-c3ccccc3Cl)nc12. The van der Waals surface area contributed by atoms with Crippen LogP contribution in [0.5, 0.6) is 0 Å². The molecule has 1 aliphatic heterocycles. The Balaban J connectivity index is 1.35. The molecule has 1 unspecified atom stereocenters. The van der Waals surface area contributed by atoms with Crippen LogP contribution in [0, 0.1) is 5.92 Å². The minimum atomic E-state index is 0.609. The Hall–Kier alpha value is -2.35. The summed E-state index contributed by atoms with van der Waals surface area (Å²) in [5.41, 5.74) is 3.72. The number of aromatic nitrogens is 3. The highest BCUT2D eigenvalue weighted by Crippen LogP contribution is 2.28. The van der Waals surface area contributed by atoms with E-state index >= 15 is 0 Å². The zero-order valence-electron chi connectivity index (χ0n) is 17.6. The molecule has 1 N–H and O–H groups in total. The Morgan fingerprint density at radius 3 is 2.97 bits per heavy atom. The average molecular weight is 450 g/mol. The number of piperidine rings is 1. The quantitative estimate of drug-likeness (QED) is 0.456. The first-order valence-electron chi connectivity index (χ1n) is 10.8. The number of rotatable bonds is 6. The van der Waals surface area contributed by atoms with Crippen LogP contribution in [-0.2, 0) is 6.54 Å². The first-order valence-corrected chi connectivity index (χ1v) is 12.0. The molecule has 0 bridgehead atoms. The third kappa shape index (κ3) is 4.49. The van der Waals surface area contributed by atoms with Gasteiger partial charge < -0.3 is 5.32 Å². The molecule has 0 aliphatic carbocycles. The van der Waals surface area contributed by atoms with Gasteiger partial charge in [0.15, 0.2) is 5.65 Å². The van der Waals surface area contributed by atoms with E-state index in [2.05, 4.69) is 38.9 Å². The van der Waals surface area contributed by atoms with Crippen molar-refractivity contribution in [1.29, 1.82) is 0 Å². The van der Waals surface area contributed by atoms with Crippen molar-refractivity contribution in [2.24, 2.45) is 5.92 Å². The normalized spacial score (nSPS) is 17.3. The maximum atomic E-state index is 6.46. The predicted octanol–water partition coefficient (Wildman–Crippen LogP) is 3.69. The van der Waals surface area contributed by atoms with Gasteiger partial charge in [-0.05, 0) is 48.3 Å². The summed E-state index contributed by atoms with van der Waals surface area (Å²) >= 11 is 8.31. The lowest BCUT2D eigenvalue weighted by molar-refractivity contribution is 0.174. The van der Waals surface area contributed by atoms with Crippen molar-refractivity contribution >= 4 is 47.7 Å². The largest absolute Gasteiger partial charge is 0.370 e. The molecule has 158 valence electrons. The van der Waals surface area contributed by atoms with Gasteiger partial charge in [0.05, 0.1) is 5.69 Å². The van der Waals surface area contributed by atoms with Crippen LogP contribution >= 0.6 is 22.9 Å². The lowest BCUT2D eigenvalue weighted by Gasteiger charge is -2.32. The van der Waals surface area contributed by atoms with Crippen LogP contribution in [0.4, 0.5) is 5.82 Å². The lowest BCUT2D eigenvalue weighted by atomic mass is 9.98. The molecule has 0 radical (unpaired) electrons. The van der Waals surface area contributed by atoms with Gasteiger partial charge in [-0.1, -0.05) is 35.9 Å². The molecular weight excluding hydrogens is 425 g/mol. The highest BCUT2D eigenvalue weighted by atomic mass is 35.5. The number of nitrogens with one attached hydrogen (secondary N) is 1. The van der Waals surface area contributed by atoms with Crippen LogP contribution in [0.25, 0.3) is 16.9 Å². The molecule has 5 rings (SSSR count). The van der Waals surface area contributed by atoms with Crippen molar-refractivity contribution in [1.82, 2.24) is 19.5 Å². The van der Waals surface area contributed by atoms with Crippen LogP contribution in [0.1, 0.15) is 17.7 Å². The second-order valence-electron chi connectivity index (χ2n) is 8.27. The van der Waals surface area contributed by atoms with E-state index in [1.165, 1.54) is 24.3 Å². The van der Waals surface area contributed by atoms with Crippen LogP contribution in [-0.4, -0.2) is 47.0 Å². The molecule has 31 heavy (non-hydrogen) atoms. The van der Waals surface area contributed by atoms with Crippen LogP contribution in [0.2, 0.25) is 5.02 Å². The van der Waals surface area contributed by atoms with E-state index in [9.17, 15) is 0 Å². The number of halogens is 1. The molecule has 1 atom stereocenters. The van der Waals surface area contributed by atoms with Gasteiger partial charge >= 0.3 is 0 Å². The Labute approximate surface area is 192 Å². The molecule has 3 aromatic heterocycles. The van der Waals surface area contributed by atoms with E-state index < -0.39 is 0 Å². The Morgan fingerprint density at radius 1 is 1.23 bits per heavy atom. The molecule has 0 saturated carbocycles. The van der Waals surface area contributed by atoms with Crippen molar-refractivity contribution in [3.63, 3.8) is 0 Å². The molecule has 0 spiro atoms. The maximum absolute atomic E-state index is 6.46. The van der Waals surface area contributed by atoms with Gasteiger partial charge in [0, 0.05) is 47.4 Å². The molecular formula is C23H25BClN5S. The highest BCUT2D eigenvalue weighted by molar-refractivity contribution is 7.09. The van der Waals surface area contributed by atoms with Crippen molar-refractivity contribution < 1.29 is 0 Å². The highest BCUT2D eigenvalue weighted by Gasteiger charge is 2.21. The monoisotopic (exact) mass is 449 g/mol. The number of fused-ring (bicyclic) bond motifs is 1. The van der Waals surface area contributed by atoms with E-state index in [4.69, 9.17) is 16.6 Å². The molecule has 1 fully saturated rings. The number of hydrogen-bond acceptors (Lipinski definition) is 5. The van der Waals surface area contributed by atoms with Gasteiger partial charge in [-0.15, -0.1) is 11.3 Å². The molecule has 1 saturated heterocycles. The minimum absolute atomic E-state index is 0.609. The fraction of sp³-hybridized carbons (Fsp3) is 0.304.